The minimum absolute atomic E-state index is 0.0344. The monoisotopic (exact) mass is 341 g/mol. The van der Waals surface area contributed by atoms with Gasteiger partial charge in [0.1, 0.15) is 12.4 Å². The van der Waals surface area contributed by atoms with E-state index in [9.17, 15) is 18.3 Å². The Labute approximate surface area is 137 Å². The predicted molar refractivity (Wildman–Crippen MR) is 83.3 cm³/mol. The number of phenolic OH excluding ortho intramolecular Hbond substituents is 1. The summed E-state index contributed by atoms with van der Waals surface area (Å²) in [6, 6.07) is 10.1. The molecule has 0 bridgehead atoms. The molecule has 7 heteroatoms. The van der Waals surface area contributed by atoms with Crippen molar-refractivity contribution in [2.75, 3.05) is 20.3 Å². The molecule has 0 saturated carbocycles. The molecule has 24 heavy (non-hydrogen) atoms. The average Bonchev–Trinajstić information content (AvgIpc) is 2.54. The Hall–Kier alpha value is -2.41. The van der Waals surface area contributed by atoms with Gasteiger partial charge in [0.05, 0.1) is 12.7 Å². The van der Waals surface area contributed by atoms with Crippen molar-refractivity contribution in [1.29, 1.82) is 0 Å². The minimum atomic E-state index is -4.44. The highest BCUT2D eigenvalue weighted by Gasteiger charge is 2.33. The van der Waals surface area contributed by atoms with E-state index in [1.165, 1.54) is 25.3 Å². The molecular formula is C17H18F3NO3. The molecule has 4 nitrogen and oxygen atoms in total. The summed E-state index contributed by atoms with van der Waals surface area (Å²) in [6.45, 7) is 0.899. The van der Waals surface area contributed by atoms with Crippen molar-refractivity contribution in [2.24, 2.45) is 0 Å². The number of phenols is 1. The molecule has 2 N–H and O–H groups in total. The van der Waals surface area contributed by atoms with Gasteiger partial charge in [0.15, 0.2) is 11.5 Å². The van der Waals surface area contributed by atoms with Crippen LogP contribution in [-0.2, 0) is 12.7 Å². The quantitative estimate of drug-likeness (QED) is 0.756. The molecule has 0 amide bonds. The molecule has 0 spiro atoms. The second kappa shape index (κ2) is 7.92. The lowest BCUT2D eigenvalue weighted by Crippen LogP contribution is -2.21. The van der Waals surface area contributed by atoms with Gasteiger partial charge in [-0.15, -0.1) is 0 Å². The molecule has 0 heterocycles. The maximum Gasteiger partial charge on any atom is 0.419 e. The van der Waals surface area contributed by atoms with Crippen molar-refractivity contribution in [1.82, 2.24) is 5.32 Å². The zero-order chi connectivity index (χ0) is 17.6. The summed E-state index contributed by atoms with van der Waals surface area (Å²) in [5.41, 5.74) is 0.0362. The number of aromatic hydroxyl groups is 1. The third kappa shape index (κ3) is 4.79. The zero-order valence-corrected chi connectivity index (χ0v) is 13.1. The first-order valence-electron chi connectivity index (χ1n) is 7.27. The molecule has 0 atom stereocenters. The highest BCUT2D eigenvalue weighted by Crippen LogP contribution is 2.35. The summed E-state index contributed by atoms with van der Waals surface area (Å²) in [4.78, 5) is 0. The van der Waals surface area contributed by atoms with Gasteiger partial charge in [-0.3, -0.25) is 0 Å². The molecule has 0 fully saturated rings. The third-order valence-electron chi connectivity index (χ3n) is 3.30. The maximum atomic E-state index is 12.8. The van der Waals surface area contributed by atoms with Crippen molar-refractivity contribution in [3.63, 3.8) is 0 Å². The van der Waals surface area contributed by atoms with E-state index in [0.717, 1.165) is 11.6 Å². The minimum Gasteiger partial charge on any atom is -0.504 e. The van der Waals surface area contributed by atoms with E-state index in [0.29, 0.717) is 18.8 Å². The Morgan fingerprint density at radius 1 is 1.08 bits per heavy atom. The molecule has 130 valence electrons. The third-order valence-corrected chi connectivity index (χ3v) is 3.30. The number of ether oxygens (including phenoxy) is 2. The highest BCUT2D eigenvalue weighted by atomic mass is 19.4. The van der Waals surface area contributed by atoms with Crippen LogP contribution in [0.15, 0.2) is 42.5 Å². The van der Waals surface area contributed by atoms with Crippen molar-refractivity contribution in [3.8, 4) is 17.2 Å². The molecule has 0 aliphatic carbocycles. The smallest absolute Gasteiger partial charge is 0.419 e. The number of hydrogen-bond donors (Lipinski definition) is 2. The molecule has 0 unspecified atom stereocenters. The Bertz CT molecular complexity index is 674. The van der Waals surface area contributed by atoms with Gasteiger partial charge in [0.25, 0.3) is 0 Å². The molecule has 2 aromatic rings. The summed E-state index contributed by atoms with van der Waals surface area (Å²) in [5.74, 6) is 0.229. The van der Waals surface area contributed by atoms with Gasteiger partial charge >= 0.3 is 6.18 Å². The Morgan fingerprint density at radius 2 is 1.83 bits per heavy atom. The largest absolute Gasteiger partial charge is 0.504 e. The molecule has 0 saturated heterocycles. The van der Waals surface area contributed by atoms with Crippen LogP contribution in [0.5, 0.6) is 17.2 Å². The SMILES string of the molecule is COc1ccc(CNCCOc2ccccc2C(F)(F)F)cc1O. The Morgan fingerprint density at radius 3 is 2.50 bits per heavy atom. The zero-order valence-electron chi connectivity index (χ0n) is 13.1. The van der Waals surface area contributed by atoms with Crippen LogP contribution >= 0.6 is 0 Å². The number of rotatable bonds is 7. The summed E-state index contributed by atoms with van der Waals surface area (Å²) < 4.78 is 48.6. The second-order valence-corrected chi connectivity index (χ2v) is 5.03. The number of benzene rings is 2. The second-order valence-electron chi connectivity index (χ2n) is 5.03. The van der Waals surface area contributed by atoms with Gasteiger partial charge < -0.3 is 19.9 Å². The molecule has 0 aromatic heterocycles. The van der Waals surface area contributed by atoms with E-state index in [1.54, 1.807) is 18.2 Å². The fraction of sp³-hybridized carbons (Fsp3) is 0.294. The van der Waals surface area contributed by atoms with Crippen molar-refractivity contribution < 1.29 is 27.8 Å². The van der Waals surface area contributed by atoms with Gasteiger partial charge in [0, 0.05) is 13.1 Å². The fourth-order valence-electron chi connectivity index (χ4n) is 2.14. The first-order chi connectivity index (χ1) is 11.4. The van der Waals surface area contributed by atoms with E-state index >= 15 is 0 Å². The van der Waals surface area contributed by atoms with Crippen LogP contribution in [0.25, 0.3) is 0 Å². The number of halogens is 3. The summed E-state index contributed by atoms with van der Waals surface area (Å²) in [7, 11) is 1.46. The number of alkyl halides is 3. The normalized spacial score (nSPS) is 11.3. The van der Waals surface area contributed by atoms with Crippen molar-refractivity contribution in [3.05, 3.63) is 53.6 Å². The van der Waals surface area contributed by atoms with Crippen LogP contribution in [0.4, 0.5) is 13.2 Å². The topological polar surface area (TPSA) is 50.7 Å². The van der Waals surface area contributed by atoms with Crippen LogP contribution in [0.3, 0.4) is 0 Å². The van der Waals surface area contributed by atoms with Gasteiger partial charge in [0.2, 0.25) is 0 Å². The lowest BCUT2D eigenvalue weighted by Gasteiger charge is -2.14. The molecule has 2 aromatic carbocycles. The summed E-state index contributed by atoms with van der Waals surface area (Å²) in [5, 5.41) is 12.7. The van der Waals surface area contributed by atoms with Crippen LogP contribution < -0.4 is 14.8 Å². The Balaban J connectivity index is 1.81. The lowest BCUT2D eigenvalue weighted by molar-refractivity contribution is -0.138. The van der Waals surface area contributed by atoms with Gasteiger partial charge in [-0.05, 0) is 29.8 Å². The summed E-state index contributed by atoms with van der Waals surface area (Å²) >= 11 is 0. The van der Waals surface area contributed by atoms with E-state index in [2.05, 4.69) is 5.32 Å². The summed E-state index contributed by atoms with van der Waals surface area (Å²) in [6.07, 6.45) is -4.44. The van der Waals surface area contributed by atoms with Crippen LogP contribution in [-0.4, -0.2) is 25.4 Å². The van der Waals surface area contributed by atoms with E-state index in [-0.39, 0.29) is 18.1 Å². The van der Waals surface area contributed by atoms with Crippen LogP contribution in [0.2, 0.25) is 0 Å². The molecule has 0 aliphatic rings. The highest BCUT2D eigenvalue weighted by molar-refractivity contribution is 5.41. The average molecular weight is 341 g/mol. The number of methoxy groups -OCH3 is 1. The van der Waals surface area contributed by atoms with E-state index in [1.807, 2.05) is 0 Å². The maximum absolute atomic E-state index is 12.8. The lowest BCUT2D eigenvalue weighted by atomic mass is 10.2. The number of nitrogens with one attached hydrogen (secondary N) is 1. The Kier molecular flexibility index (Phi) is 5.92. The van der Waals surface area contributed by atoms with Gasteiger partial charge in [-0.25, -0.2) is 0 Å². The fourth-order valence-corrected chi connectivity index (χ4v) is 2.14. The van der Waals surface area contributed by atoms with Crippen LogP contribution in [0.1, 0.15) is 11.1 Å². The number of para-hydroxylation sites is 1. The molecule has 2 rings (SSSR count). The number of hydrogen-bond acceptors (Lipinski definition) is 4. The predicted octanol–water partition coefficient (Wildman–Crippen LogP) is 3.59. The molecule has 0 aliphatic heterocycles. The van der Waals surface area contributed by atoms with Crippen molar-refractivity contribution >= 4 is 0 Å². The molecule has 0 radical (unpaired) electrons. The van der Waals surface area contributed by atoms with E-state index in [4.69, 9.17) is 9.47 Å². The van der Waals surface area contributed by atoms with Gasteiger partial charge in [-0.1, -0.05) is 18.2 Å². The molecular weight excluding hydrogens is 323 g/mol. The standard InChI is InChI=1S/C17H18F3NO3/c1-23-16-7-6-12(10-14(16)22)11-21-8-9-24-15-5-3-2-4-13(15)17(18,19)20/h2-7,10,21-22H,8-9,11H2,1H3. The van der Waals surface area contributed by atoms with Gasteiger partial charge in [-0.2, -0.15) is 13.2 Å². The van der Waals surface area contributed by atoms with E-state index < -0.39 is 11.7 Å². The van der Waals surface area contributed by atoms with Crippen molar-refractivity contribution in [2.45, 2.75) is 12.7 Å². The first kappa shape index (κ1) is 17.9. The first-order valence-corrected chi connectivity index (χ1v) is 7.27. The van der Waals surface area contributed by atoms with Crippen LogP contribution in [0, 0.1) is 0 Å².